The van der Waals surface area contributed by atoms with E-state index in [0.717, 1.165) is 10.0 Å². The topological polar surface area (TPSA) is 43.4 Å². The third-order valence-electron chi connectivity index (χ3n) is 3.29. The largest absolute Gasteiger partial charge is 0.469 e. The number of carbonyl (C=O) groups excluding carboxylic acids is 2. The van der Waals surface area contributed by atoms with Crippen LogP contribution in [0.4, 0.5) is 0 Å². The Morgan fingerprint density at radius 3 is 2.45 bits per heavy atom. The smallest absolute Gasteiger partial charge is 0.313 e. The summed E-state index contributed by atoms with van der Waals surface area (Å²) in [5.41, 5.74) is 1.26. The number of hydrogen-bond donors (Lipinski definition) is 0. The number of halogens is 2. The van der Waals surface area contributed by atoms with Gasteiger partial charge < -0.3 is 4.74 Å². The van der Waals surface area contributed by atoms with Crippen molar-refractivity contribution in [3.8, 4) is 0 Å². The van der Waals surface area contributed by atoms with Gasteiger partial charge in [0.1, 0.15) is 0 Å². The zero-order valence-electron chi connectivity index (χ0n) is 11.9. The Labute approximate surface area is 142 Å². The van der Waals surface area contributed by atoms with Gasteiger partial charge in [-0.25, -0.2) is 0 Å². The quantitative estimate of drug-likeness (QED) is 0.560. The van der Waals surface area contributed by atoms with E-state index < -0.39 is 11.9 Å². The molecule has 0 aliphatic rings. The van der Waals surface area contributed by atoms with E-state index >= 15 is 0 Å². The van der Waals surface area contributed by atoms with E-state index in [0.29, 0.717) is 10.6 Å². The molecule has 1 atom stereocenters. The van der Waals surface area contributed by atoms with Crippen molar-refractivity contribution in [2.75, 3.05) is 7.11 Å². The highest BCUT2D eigenvalue weighted by atomic mass is 79.9. The minimum atomic E-state index is -0.634. The summed E-state index contributed by atoms with van der Waals surface area (Å²) in [6, 6.07) is 13.9. The Kier molecular flexibility index (Phi) is 5.75. The molecule has 0 heterocycles. The summed E-state index contributed by atoms with van der Waals surface area (Å²) in [6.07, 6.45) is 0.0464. The molecular formula is C17H14BrClO3. The average molecular weight is 382 g/mol. The van der Waals surface area contributed by atoms with Crippen LogP contribution in [-0.4, -0.2) is 18.9 Å². The first-order valence-corrected chi connectivity index (χ1v) is 7.80. The number of hydrogen-bond acceptors (Lipinski definition) is 3. The standard InChI is InChI=1S/C17H14BrClO3/c1-22-17(21)15(12-3-2-4-13(18)9-12)10-16(20)11-5-7-14(19)8-6-11/h2-9,15H,10H2,1H3/t15-/m1/s1. The van der Waals surface area contributed by atoms with Crippen LogP contribution in [0, 0.1) is 0 Å². The van der Waals surface area contributed by atoms with E-state index in [-0.39, 0.29) is 12.2 Å². The van der Waals surface area contributed by atoms with E-state index in [1.807, 2.05) is 24.3 Å². The number of ketones is 1. The van der Waals surface area contributed by atoms with Gasteiger partial charge in [0.15, 0.2) is 5.78 Å². The summed E-state index contributed by atoms with van der Waals surface area (Å²) in [4.78, 5) is 24.4. The van der Waals surface area contributed by atoms with Crippen LogP contribution >= 0.6 is 27.5 Å². The van der Waals surface area contributed by atoms with Crippen LogP contribution in [0.3, 0.4) is 0 Å². The normalized spacial score (nSPS) is 11.8. The number of methoxy groups -OCH3 is 1. The third kappa shape index (κ3) is 4.18. The maximum absolute atomic E-state index is 12.4. The molecular weight excluding hydrogens is 368 g/mol. The molecule has 0 N–H and O–H groups in total. The van der Waals surface area contributed by atoms with Gasteiger partial charge in [-0.1, -0.05) is 39.7 Å². The van der Waals surface area contributed by atoms with E-state index in [1.165, 1.54) is 7.11 Å². The molecule has 0 radical (unpaired) electrons. The van der Waals surface area contributed by atoms with E-state index in [4.69, 9.17) is 16.3 Å². The number of esters is 1. The van der Waals surface area contributed by atoms with Gasteiger partial charge in [0.2, 0.25) is 0 Å². The van der Waals surface area contributed by atoms with Crippen LogP contribution in [0.1, 0.15) is 28.3 Å². The Morgan fingerprint density at radius 1 is 1.18 bits per heavy atom. The zero-order valence-corrected chi connectivity index (χ0v) is 14.2. The molecule has 2 aromatic carbocycles. The van der Waals surface area contributed by atoms with Crippen LogP contribution in [0.15, 0.2) is 53.0 Å². The van der Waals surface area contributed by atoms with Crippen LogP contribution in [0.25, 0.3) is 0 Å². The highest BCUT2D eigenvalue weighted by Gasteiger charge is 2.25. The highest BCUT2D eigenvalue weighted by molar-refractivity contribution is 9.10. The molecule has 0 fully saturated rings. The Morgan fingerprint density at radius 2 is 1.86 bits per heavy atom. The first kappa shape index (κ1) is 16.7. The van der Waals surface area contributed by atoms with Gasteiger partial charge in [-0.15, -0.1) is 0 Å². The Hall–Kier alpha value is -1.65. The van der Waals surface area contributed by atoms with Gasteiger partial charge in [0.25, 0.3) is 0 Å². The average Bonchev–Trinajstić information content (AvgIpc) is 2.52. The zero-order chi connectivity index (χ0) is 16.1. The van der Waals surface area contributed by atoms with Crippen molar-refractivity contribution < 1.29 is 14.3 Å². The summed E-state index contributed by atoms with van der Waals surface area (Å²) in [5, 5.41) is 0.563. The van der Waals surface area contributed by atoms with Crippen molar-refractivity contribution >= 4 is 39.3 Å². The van der Waals surface area contributed by atoms with Gasteiger partial charge in [-0.2, -0.15) is 0 Å². The lowest BCUT2D eigenvalue weighted by atomic mass is 9.91. The van der Waals surface area contributed by atoms with E-state index in [9.17, 15) is 9.59 Å². The molecule has 0 aliphatic heterocycles. The number of benzene rings is 2. The Bertz CT molecular complexity index is 683. The van der Waals surface area contributed by atoms with Crippen LogP contribution in [0.2, 0.25) is 5.02 Å². The van der Waals surface area contributed by atoms with Crippen molar-refractivity contribution in [2.24, 2.45) is 0 Å². The summed E-state index contributed by atoms with van der Waals surface area (Å²) < 4.78 is 5.68. The molecule has 3 nitrogen and oxygen atoms in total. The van der Waals surface area contributed by atoms with Crippen LogP contribution in [0.5, 0.6) is 0 Å². The summed E-state index contributed by atoms with van der Waals surface area (Å²) >= 11 is 9.19. The van der Waals surface area contributed by atoms with Crippen LogP contribution < -0.4 is 0 Å². The van der Waals surface area contributed by atoms with Gasteiger partial charge in [-0.05, 0) is 42.0 Å². The fraction of sp³-hybridized carbons (Fsp3) is 0.176. The Balaban J connectivity index is 2.25. The lowest BCUT2D eigenvalue weighted by molar-refractivity contribution is -0.142. The molecule has 0 amide bonds. The highest BCUT2D eigenvalue weighted by Crippen LogP contribution is 2.26. The maximum atomic E-state index is 12.4. The minimum Gasteiger partial charge on any atom is -0.469 e. The molecule has 0 unspecified atom stereocenters. The molecule has 0 bridgehead atoms. The second kappa shape index (κ2) is 7.56. The van der Waals surface area contributed by atoms with E-state index in [1.54, 1.807) is 24.3 Å². The number of Topliss-reactive ketones (excluding diaryl/α,β-unsaturated/α-hetero) is 1. The monoisotopic (exact) mass is 380 g/mol. The predicted octanol–water partition coefficient (Wildman–Crippen LogP) is 4.63. The molecule has 2 rings (SSSR count). The fourth-order valence-electron chi connectivity index (χ4n) is 2.14. The molecule has 0 aliphatic carbocycles. The molecule has 2 aromatic rings. The maximum Gasteiger partial charge on any atom is 0.313 e. The first-order valence-electron chi connectivity index (χ1n) is 6.63. The SMILES string of the molecule is COC(=O)[C@H](CC(=O)c1ccc(Cl)cc1)c1cccc(Br)c1. The minimum absolute atomic E-state index is 0.0464. The van der Waals surface area contributed by atoms with Gasteiger partial charge in [-0.3, -0.25) is 9.59 Å². The van der Waals surface area contributed by atoms with Crippen molar-refractivity contribution in [3.05, 3.63) is 69.2 Å². The third-order valence-corrected chi connectivity index (χ3v) is 4.04. The molecule has 22 heavy (non-hydrogen) atoms. The molecule has 114 valence electrons. The number of carbonyl (C=O) groups is 2. The van der Waals surface area contributed by atoms with Crippen molar-refractivity contribution in [1.82, 2.24) is 0 Å². The predicted molar refractivity (Wildman–Crippen MR) is 89.3 cm³/mol. The van der Waals surface area contributed by atoms with Gasteiger partial charge in [0.05, 0.1) is 13.0 Å². The van der Waals surface area contributed by atoms with E-state index in [2.05, 4.69) is 15.9 Å². The number of rotatable bonds is 5. The van der Waals surface area contributed by atoms with Crippen molar-refractivity contribution in [1.29, 1.82) is 0 Å². The van der Waals surface area contributed by atoms with Gasteiger partial charge in [0, 0.05) is 21.5 Å². The van der Waals surface area contributed by atoms with Crippen LogP contribution in [-0.2, 0) is 9.53 Å². The summed E-state index contributed by atoms with van der Waals surface area (Å²) in [7, 11) is 1.32. The molecule has 5 heteroatoms. The lowest BCUT2D eigenvalue weighted by Gasteiger charge is -2.15. The second-order valence-electron chi connectivity index (χ2n) is 4.76. The summed E-state index contributed by atoms with van der Waals surface area (Å²) in [5.74, 6) is -1.20. The fourth-order valence-corrected chi connectivity index (χ4v) is 2.68. The van der Waals surface area contributed by atoms with Gasteiger partial charge >= 0.3 is 5.97 Å². The molecule has 0 saturated carbocycles. The lowest BCUT2D eigenvalue weighted by Crippen LogP contribution is -2.18. The number of ether oxygens (including phenoxy) is 1. The second-order valence-corrected chi connectivity index (χ2v) is 6.12. The summed E-state index contributed by atoms with van der Waals surface area (Å²) in [6.45, 7) is 0. The van der Waals surface area contributed by atoms with Crippen molar-refractivity contribution in [2.45, 2.75) is 12.3 Å². The molecule has 0 aromatic heterocycles. The first-order chi connectivity index (χ1) is 10.5. The molecule has 0 saturated heterocycles. The van der Waals surface area contributed by atoms with Crippen molar-refractivity contribution in [3.63, 3.8) is 0 Å². The molecule has 0 spiro atoms.